The first-order valence-electron chi connectivity index (χ1n) is 6.16. The van der Waals surface area contributed by atoms with Crippen LogP contribution in [0.15, 0.2) is 23.0 Å². The van der Waals surface area contributed by atoms with E-state index in [0.717, 1.165) is 6.26 Å². The van der Waals surface area contributed by atoms with Gasteiger partial charge in [0, 0.05) is 6.04 Å². The first-order chi connectivity index (χ1) is 9.83. The van der Waals surface area contributed by atoms with Gasteiger partial charge in [-0.3, -0.25) is 9.59 Å². The summed E-state index contributed by atoms with van der Waals surface area (Å²) in [6, 6.07) is 2.20. The van der Waals surface area contributed by atoms with Crippen molar-refractivity contribution in [2.75, 3.05) is 6.54 Å². The molecule has 5 nitrogen and oxygen atoms in total. The van der Waals surface area contributed by atoms with Crippen LogP contribution in [0.4, 0.5) is 13.2 Å². The molecule has 1 aromatic heterocycles. The largest absolute Gasteiger partial charge is 0.472 e. The molecule has 1 aliphatic carbocycles. The standard InChI is InChI=1S/C13H11F3N2O3/c14-13(15,16)7-18(9-1-2-9)12(20)10(5-17)11(19)8-3-4-21-6-8/h3-4,6,9-10H,1-2,7H2/t10-/m1/s1. The Morgan fingerprint density at radius 2 is 2.14 bits per heavy atom. The number of alkyl halides is 3. The monoisotopic (exact) mass is 300 g/mol. The van der Waals surface area contributed by atoms with Crippen LogP contribution in [0, 0.1) is 17.2 Å². The molecule has 1 atom stereocenters. The molecule has 2 rings (SSSR count). The molecule has 0 aliphatic heterocycles. The quantitative estimate of drug-likeness (QED) is 0.617. The van der Waals surface area contributed by atoms with Crippen LogP contribution in [0.3, 0.4) is 0 Å². The molecule has 1 fully saturated rings. The normalized spacial score (nSPS) is 16.1. The number of furan rings is 1. The second kappa shape index (κ2) is 5.60. The molecule has 0 N–H and O–H groups in total. The fourth-order valence-corrected chi connectivity index (χ4v) is 1.93. The number of carbonyl (C=O) groups is 2. The molecule has 1 saturated carbocycles. The van der Waals surface area contributed by atoms with E-state index in [1.54, 1.807) is 0 Å². The van der Waals surface area contributed by atoms with Crippen LogP contribution in [0.2, 0.25) is 0 Å². The van der Waals surface area contributed by atoms with Crippen molar-refractivity contribution in [3.05, 3.63) is 24.2 Å². The lowest BCUT2D eigenvalue weighted by molar-refractivity contribution is -0.163. The van der Waals surface area contributed by atoms with Gasteiger partial charge in [0.15, 0.2) is 11.7 Å². The van der Waals surface area contributed by atoms with E-state index < -0.39 is 36.4 Å². The topological polar surface area (TPSA) is 74.3 Å². The van der Waals surface area contributed by atoms with Crippen molar-refractivity contribution in [1.82, 2.24) is 4.90 Å². The van der Waals surface area contributed by atoms with Crippen LogP contribution in [0.5, 0.6) is 0 Å². The molecular weight excluding hydrogens is 289 g/mol. The van der Waals surface area contributed by atoms with E-state index in [2.05, 4.69) is 4.42 Å². The van der Waals surface area contributed by atoms with Gasteiger partial charge in [-0.25, -0.2) is 0 Å². The fraction of sp³-hybridized carbons (Fsp3) is 0.462. The minimum atomic E-state index is -4.57. The van der Waals surface area contributed by atoms with Gasteiger partial charge < -0.3 is 9.32 Å². The highest BCUT2D eigenvalue weighted by Crippen LogP contribution is 2.31. The lowest BCUT2D eigenvalue weighted by Gasteiger charge is -2.25. The summed E-state index contributed by atoms with van der Waals surface area (Å²) in [6.07, 6.45) is -1.46. The van der Waals surface area contributed by atoms with Crippen LogP contribution in [0.1, 0.15) is 23.2 Å². The van der Waals surface area contributed by atoms with E-state index >= 15 is 0 Å². The van der Waals surface area contributed by atoms with E-state index in [1.165, 1.54) is 18.4 Å². The fourth-order valence-electron chi connectivity index (χ4n) is 1.93. The Morgan fingerprint density at radius 3 is 2.57 bits per heavy atom. The van der Waals surface area contributed by atoms with E-state index in [9.17, 15) is 22.8 Å². The summed E-state index contributed by atoms with van der Waals surface area (Å²) < 4.78 is 42.2. The third-order valence-corrected chi connectivity index (χ3v) is 3.06. The highest BCUT2D eigenvalue weighted by Gasteiger charge is 2.44. The number of nitrogens with zero attached hydrogens (tertiary/aromatic N) is 2. The molecule has 0 spiro atoms. The van der Waals surface area contributed by atoms with Gasteiger partial charge >= 0.3 is 6.18 Å². The predicted molar refractivity (Wildman–Crippen MR) is 62.9 cm³/mol. The number of Topliss-reactive ketones (excluding diaryl/α,β-unsaturated/α-hetero) is 1. The van der Waals surface area contributed by atoms with Gasteiger partial charge in [-0.15, -0.1) is 0 Å². The number of hydrogen-bond donors (Lipinski definition) is 0. The first-order valence-corrected chi connectivity index (χ1v) is 6.16. The van der Waals surface area contributed by atoms with Crippen molar-refractivity contribution in [3.8, 4) is 6.07 Å². The molecular formula is C13H11F3N2O3. The SMILES string of the molecule is N#C[C@H](C(=O)c1ccoc1)C(=O)N(CC(F)(F)F)C1CC1. The Kier molecular flexibility index (Phi) is 4.02. The Balaban J connectivity index is 2.18. The summed E-state index contributed by atoms with van der Waals surface area (Å²) >= 11 is 0. The van der Waals surface area contributed by atoms with Crippen LogP contribution in [-0.4, -0.2) is 35.4 Å². The second-order valence-electron chi connectivity index (χ2n) is 4.75. The Bertz CT molecular complexity index is 570. The maximum absolute atomic E-state index is 12.5. The molecule has 112 valence electrons. The minimum Gasteiger partial charge on any atom is -0.472 e. The van der Waals surface area contributed by atoms with E-state index in [4.69, 9.17) is 5.26 Å². The van der Waals surface area contributed by atoms with Gasteiger partial charge in [0.1, 0.15) is 12.8 Å². The third-order valence-electron chi connectivity index (χ3n) is 3.06. The van der Waals surface area contributed by atoms with Crippen LogP contribution < -0.4 is 0 Å². The lowest BCUT2D eigenvalue weighted by atomic mass is 9.99. The van der Waals surface area contributed by atoms with Gasteiger partial charge in [0.05, 0.1) is 17.9 Å². The summed E-state index contributed by atoms with van der Waals surface area (Å²) in [5, 5.41) is 8.98. The summed E-state index contributed by atoms with van der Waals surface area (Å²) in [6.45, 7) is -1.45. The van der Waals surface area contributed by atoms with Crippen LogP contribution in [-0.2, 0) is 4.79 Å². The van der Waals surface area contributed by atoms with E-state index in [-0.39, 0.29) is 5.56 Å². The van der Waals surface area contributed by atoms with Gasteiger partial charge in [-0.05, 0) is 18.9 Å². The van der Waals surface area contributed by atoms with Crippen molar-refractivity contribution in [1.29, 1.82) is 5.26 Å². The van der Waals surface area contributed by atoms with E-state index in [0.29, 0.717) is 17.7 Å². The van der Waals surface area contributed by atoms with Gasteiger partial charge in [0.25, 0.3) is 0 Å². The molecule has 0 bridgehead atoms. The van der Waals surface area contributed by atoms with E-state index in [1.807, 2.05) is 0 Å². The molecule has 0 aromatic carbocycles. The number of nitriles is 1. The van der Waals surface area contributed by atoms with Gasteiger partial charge in [-0.2, -0.15) is 18.4 Å². The van der Waals surface area contributed by atoms with Crippen molar-refractivity contribution in [3.63, 3.8) is 0 Å². The smallest absolute Gasteiger partial charge is 0.406 e. The summed E-state index contributed by atoms with van der Waals surface area (Å²) in [4.78, 5) is 24.7. The molecule has 0 saturated heterocycles. The molecule has 21 heavy (non-hydrogen) atoms. The van der Waals surface area contributed by atoms with Crippen molar-refractivity contribution in [2.24, 2.45) is 5.92 Å². The third kappa shape index (κ3) is 3.62. The molecule has 1 aromatic rings. The lowest BCUT2D eigenvalue weighted by Crippen LogP contribution is -2.45. The average molecular weight is 300 g/mol. The average Bonchev–Trinajstić information content (AvgIpc) is 3.09. The maximum atomic E-state index is 12.5. The first kappa shape index (κ1) is 15.1. The minimum absolute atomic E-state index is 0.0161. The summed E-state index contributed by atoms with van der Waals surface area (Å²) in [7, 11) is 0. The van der Waals surface area contributed by atoms with Crippen molar-refractivity contribution >= 4 is 11.7 Å². The zero-order valence-electron chi connectivity index (χ0n) is 10.8. The zero-order valence-corrected chi connectivity index (χ0v) is 10.8. The molecule has 0 radical (unpaired) electrons. The van der Waals surface area contributed by atoms with Gasteiger partial charge in [-0.1, -0.05) is 0 Å². The summed E-state index contributed by atoms with van der Waals surface area (Å²) in [5.74, 6) is -3.75. The molecule has 8 heteroatoms. The molecule has 1 heterocycles. The number of carbonyl (C=O) groups excluding carboxylic acids is 2. The number of ketones is 1. The van der Waals surface area contributed by atoms with Gasteiger partial charge in [0.2, 0.25) is 5.91 Å². The predicted octanol–water partition coefficient (Wildman–Crippen LogP) is 2.16. The highest BCUT2D eigenvalue weighted by atomic mass is 19.4. The Hall–Kier alpha value is -2.30. The number of hydrogen-bond acceptors (Lipinski definition) is 4. The number of amides is 1. The second-order valence-corrected chi connectivity index (χ2v) is 4.75. The van der Waals surface area contributed by atoms with Crippen LogP contribution in [0.25, 0.3) is 0 Å². The molecule has 1 amide bonds. The summed E-state index contributed by atoms with van der Waals surface area (Å²) in [5.41, 5.74) is -0.0161. The zero-order chi connectivity index (χ0) is 15.6. The molecule has 1 aliphatic rings. The highest BCUT2D eigenvalue weighted by molar-refractivity contribution is 6.12. The Morgan fingerprint density at radius 1 is 1.48 bits per heavy atom. The maximum Gasteiger partial charge on any atom is 0.406 e. The van der Waals surface area contributed by atoms with Crippen molar-refractivity contribution < 1.29 is 27.2 Å². The Labute approximate surface area is 117 Å². The van der Waals surface area contributed by atoms with Crippen molar-refractivity contribution in [2.45, 2.75) is 25.1 Å². The molecule has 0 unspecified atom stereocenters. The van der Waals surface area contributed by atoms with Crippen LogP contribution >= 0.6 is 0 Å². The number of halogens is 3. The number of rotatable bonds is 5.